The summed E-state index contributed by atoms with van der Waals surface area (Å²) in [7, 11) is 0. The Morgan fingerprint density at radius 2 is 2.18 bits per heavy atom. The van der Waals surface area contributed by atoms with E-state index in [4.69, 9.17) is 18.0 Å². The van der Waals surface area contributed by atoms with Gasteiger partial charge >= 0.3 is 0 Å². The number of carbonyl (C=O) groups is 1. The van der Waals surface area contributed by atoms with E-state index in [1.54, 1.807) is 0 Å². The van der Waals surface area contributed by atoms with Crippen LogP contribution in [0.5, 0.6) is 0 Å². The standard InChI is InChI=1S/C13H22N2OS/c14-12(17)2-1-5-15-13(16)8-11-7-9-3-4-10(11)6-9/h9-11H,1-8H2,(H2,14,17)(H,15,16). The second kappa shape index (κ2) is 5.80. The zero-order valence-corrected chi connectivity index (χ0v) is 11.1. The highest BCUT2D eigenvalue weighted by Gasteiger charge is 2.39. The van der Waals surface area contributed by atoms with Crippen LogP contribution in [-0.4, -0.2) is 17.4 Å². The maximum Gasteiger partial charge on any atom is 0.220 e. The predicted molar refractivity (Wildman–Crippen MR) is 72.6 cm³/mol. The topological polar surface area (TPSA) is 55.1 Å². The molecule has 2 rings (SSSR count). The molecular weight excluding hydrogens is 232 g/mol. The molecule has 2 aliphatic rings. The Hall–Kier alpha value is -0.640. The molecule has 2 aliphatic carbocycles. The zero-order valence-electron chi connectivity index (χ0n) is 10.3. The molecule has 0 saturated heterocycles. The van der Waals surface area contributed by atoms with Gasteiger partial charge in [-0.25, -0.2) is 0 Å². The average molecular weight is 254 g/mol. The van der Waals surface area contributed by atoms with Gasteiger partial charge in [0.05, 0.1) is 4.99 Å². The van der Waals surface area contributed by atoms with E-state index in [2.05, 4.69) is 5.32 Å². The molecule has 96 valence electrons. The number of nitrogens with one attached hydrogen (secondary N) is 1. The molecule has 4 heteroatoms. The summed E-state index contributed by atoms with van der Waals surface area (Å²) >= 11 is 4.79. The van der Waals surface area contributed by atoms with Gasteiger partial charge in [-0.15, -0.1) is 0 Å². The second-order valence-electron chi connectivity index (χ2n) is 5.56. The minimum absolute atomic E-state index is 0.213. The first-order chi connectivity index (χ1) is 8.15. The fourth-order valence-electron chi connectivity index (χ4n) is 3.43. The van der Waals surface area contributed by atoms with E-state index in [0.717, 1.165) is 31.1 Å². The fraction of sp³-hybridized carbons (Fsp3) is 0.846. The van der Waals surface area contributed by atoms with Crippen molar-refractivity contribution in [1.29, 1.82) is 0 Å². The van der Waals surface area contributed by atoms with Crippen molar-refractivity contribution in [3.63, 3.8) is 0 Å². The minimum atomic E-state index is 0.213. The summed E-state index contributed by atoms with van der Waals surface area (Å²) in [5, 5.41) is 2.97. The van der Waals surface area contributed by atoms with Gasteiger partial charge in [0, 0.05) is 13.0 Å². The van der Waals surface area contributed by atoms with Crippen LogP contribution in [0.25, 0.3) is 0 Å². The molecule has 3 unspecified atom stereocenters. The molecular formula is C13H22N2OS. The van der Waals surface area contributed by atoms with Gasteiger partial charge in [0.1, 0.15) is 0 Å². The maximum atomic E-state index is 11.7. The average Bonchev–Trinajstić information content (AvgIpc) is 2.86. The number of carbonyl (C=O) groups excluding carboxylic acids is 1. The molecule has 2 bridgehead atoms. The molecule has 2 saturated carbocycles. The number of fused-ring (bicyclic) bond motifs is 2. The van der Waals surface area contributed by atoms with Crippen molar-refractivity contribution in [1.82, 2.24) is 5.32 Å². The molecule has 3 N–H and O–H groups in total. The molecule has 0 spiro atoms. The van der Waals surface area contributed by atoms with Gasteiger partial charge in [-0.3, -0.25) is 4.79 Å². The van der Waals surface area contributed by atoms with E-state index in [1.165, 1.54) is 25.7 Å². The van der Waals surface area contributed by atoms with Gasteiger partial charge in [-0.2, -0.15) is 0 Å². The normalized spacial score (nSPS) is 30.5. The zero-order chi connectivity index (χ0) is 12.3. The van der Waals surface area contributed by atoms with Crippen molar-refractivity contribution in [2.75, 3.05) is 6.54 Å². The van der Waals surface area contributed by atoms with Crippen LogP contribution < -0.4 is 11.1 Å². The van der Waals surface area contributed by atoms with Gasteiger partial charge in [0.2, 0.25) is 5.91 Å². The van der Waals surface area contributed by atoms with Crippen LogP contribution in [-0.2, 0) is 4.79 Å². The summed E-state index contributed by atoms with van der Waals surface area (Å²) in [5.41, 5.74) is 5.40. The Morgan fingerprint density at radius 1 is 1.35 bits per heavy atom. The van der Waals surface area contributed by atoms with E-state index in [9.17, 15) is 4.79 Å². The number of rotatable bonds is 6. The summed E-state index contributed by atoms with van der Waals surface area (Å²) < 4.78 is 0. The van der Waals surface area contributed by atoms with Crippen LogP contribution in [0, 0.1) is 17.8 Å². The first-order valence-electron chi connectivity index (χ1n) is 6.70. The molecule has 17 heavy (non-hydrogen) atoms. The molecule has 3 nitrogen and oxygen atoms in total. The first-order valence-corrected chi connectivity index (χ1v) is 7.11. The Bertz CT molecular complexity index is 306. The Balaban J connectivity index is 1.59. The van der Waals surface area contributed by atoms with Crippen molar-refractivity contribution < 1.29 is 4.79 Å². The molecule has 3 atom stereocenters. The lowest BCUT2D eigenvalue weighted by molar-refractivity contribution is -0.122. The van der Waals surface area contributed by atoms with E-state index < -0.39 is 0 Å². The third-order valence-electron chi connectivity index (χ3n) is 4.25. The van der Waals surface area contributed by atoms with Crippen molar-refractivity contribution in [2.45, 2.75) is 44.9 Å². The number of nitrogens with two attached hydrogens (primary N) is 1. The van der Waals surface area contributed by atoms with Crippen LogP contribution in [0.4, 0.5) is 0 Å². The fourth-order valence-corrected chi connectivity index (χ4v) is 3.57. The van der Waals surface area contributed by atoms with E-state index in [0.29, 0.717) is 17.5 Å². The van der Waals surface area contributed by atoms with Gasteiger partial charge in [-0.05, 0) is 49.9 Å². The maximum absolute atomic E-state index is 11.7. The van der Waals surface area contributed by atoms with Gasteiger partial charge in [0.25, 0.3) is 0 Å². The number of hydrogen-bond acceptors (Lipinski definition) is 2. The number of thiocarbonyl (C=S) groups is 1. The van der Waals surface area contributed by atoms with Crippen molar-refractivity contribution in [3.8, 4) is 0 Å². The van der Waals surface area contributed by atoms with Crippen LogP contribution in [0.1, 0.15) is 44.9 Å². The van der Waals surface area contributed by atoms with Gasteiger partial charge in [-0.1, -0.05) is 18.6 Å². The molecule has 1 amide bonds. The first kappa shape index (κ1) is 12.8. The largest absolute Gasteiger partial charge is 0.393 e. The highest BCUT2D eigenvalue weighted by Crippen LogP contribution is 2.49. The summed E-state index contributed by atoms with van der Waals surface area (Å²) in [6.07, 6.45) is 7.72. The van der Waals surface area contributed by atoms with E-state index >= 15 is 0 Å². The molecule has 0 aromatic rings. The van der Waals surface area contributed by atoms with E-state index in [-0.39, 0.29) is 5.91 Å². The van der Waals surface area contributed by atoms with E-state index in [1.807, 2.05) is 0 Å². The van der Waals surface area contributed by atoms with Crippen molar-refractivity contribution in [3.05, 3.63) is 0 Å². The van der Waals surface area contributed by atoms with Crippen LogP contribution in [0.3, 0.4) is 0 Å². The second-order valence-corrected chi connectivity index (χ2v) is 6.08. The van der Waals surface area contributed by atoms with Crippen LogP contribution >= 0.6 is 12.2 Å². The van der Waals surface area contributed by atoms with Crippen molar-refractivity contribution >= 4 is 23.1 Å². The number of amides is 1. The molecule has 2 fully saturated rings. The van der Waals surface area contributed by atoms with Crippen molar-refractivity contribution in [2.24, 2.45) is 23.5 Å². The summed E-state index contributed by atoms with van der Waals surface area (Å²) in [4.78, 5) is 12.3. The highest BCUT2D eigenvalue weighted by molar-refractivity contribution is 7.80. The summed E-state index contributed by atoms with van der Waals surface area (Å²) in [6.45, 7) is 0.705. The summed E-state index contributed by atoms with van der Waals surface area (Å²) in [6, 6.07) is 0. The number of hydrogen-bond donors (Lipinski definition) is 2. The molecule has 0 heterocycles. The Labute approximate surface area is 109 Å². The lowest BCUT2D eigenvalue weighted by Crippen LogP contribution is -2.28. The predicted octanol–water partition coefficient (Wildman–Crippen LogP) is 2.00. The lowest BCUT2D eigenvalue weighted by atomic mass is 9.86. The Morgan fingerprint density at radius 3 is 2.76 bits per heavy atom. The SMILES string of the molecule is NC(=S)CCCNC(=O)CC1CC2CCC1C2. The van der Waals surface area contributed by atoms with Gasteiger partial charge < -0.3 is 11.1 Å². The Kier molecular flexibility index (Phi) is 4.37. The summed E-state index contributed by atoms with van der Waals surface area (Å²) in [5.74, 6) is 2.63. The molecule has 0 aromatic heterocycles. The van der Waals surface area contributed by atoms with Crippen LogP contribution in [0.15, 0.2) is 0 Å². The smallest absolute Gasteiger partial charge is 0.220 e. The monoisotopic (exact) mass is 254 g/mol. The van der Waals surface area contributed by atoms with Crippen LogP contribution in [0.2, 0.25) is 0 Å². The molecule has 0 aliphatic heterocycles. The highest BCUT2D eigenvalue weighted by atomic mass is 32.1. The molecule has 0 radical (unpaired) electrons. The molecule has 0 aromatic carbocycles. The lowest BCUT2D eigenvalue weighted by Gasteiger charge is -2.20. The third kappa shape index (κ3) is 3.66. The quantitative estimate of drug-likeness (QED) is 0.563. The van der Waals surface area contributed by atoms with Gasteiger partial charge in [0.15, 0.2) is 0 Å². The minimum Gasteiger partial charge on any atom is -0.393 e. The third-order valence-corrected chi connectivity index (χ3v) is 4.46.